The van der Waals surface area contributed by atoms with E-state index in [1.54, 1.807) is 6.92 Å². The highest BCUT2D eigenvalue weighted by molar-refractivity contribution is 5.97. The first-order valence-electron chi connectivity index (χ1n) is 4.98. The lowest BCUT2D eigenvalue weighted by molar-refractivity contribution is -0.113. The monoisotopic (exact) mass is 191 g/mol. The van der Waals surface area contributed by atoms with Gasteiger partial charge in [0.05, 0.1) is 0 Å². The summed E-state index contributed by atoms with van der Waals surface area (Å²) >= 11 is 0. The minimum Gasteiger partial charge on any atom is -0.354 e. The predicted octanol–water partition coefficient (Wildman–Crippen LogP) is 2.89. The van der Waals surface area contributed by atoms with Crippen molar-refractivity contribution in [2.45, 2.75) is 33.7 Å². The smallest absolute Gasteiger partial charge is 0.155 e. The Hall–Kier alpha value is -1.31. The van der Waals surface area contributed by atoms with E-state index in [4.69, 9.17) is 0 Å². The number of allylic oxidation sites excluding steroid dienone is 1. The number of hydrogen-bond donors (Lipinski definition) is 0. The summed E-state index contributed by atoms with van der Waals surface area (Å²) in [6.45, 7) is 6.62. The first-order chi connectivity index (χ1) is 6.63. The van der Waals surface area contributed by atoms with Crippen LogP contribution in [0.15, 0.2) is 24.0 Å². The number of rotatable bonds is 4. The Kier molecular flexibility index (Phi) is 3.69. The van der Waals surface area contributed by atoms with Gasteiger partial charge < -0.3 is 4.57 Å². The molecule has 0 aliphatic carbocycles. The van der Waals surface area contributed by atoms with Crippen molar-refractivity contribution < 1.29 is 4.79 Å². The molecule has 0 bridgehead atoms. The van der Waals surface area contributed by atoms with Crippen molar-refractivity contribution in [3.05, 3.63) is 29.6 Å². The molecule has 0 unspecified atom stereocenters. The van der Waals surface area contributed by atoms with Crippen LogP contribution in [0.2, 0.25) is 0 Å². The molecule has 0 fully saturated rings. The van der Waals surface area contributed by atoms with Crippen LogP contribution in [0.3, 0.4) is 0 Å². The van der Waals surface area contributed by atoms with E-state index in [1.165, 1.54) is 0 Å². The molecule has 1 aromatic heterocycles. The summed E-state index contributed by atoms with van der Waals surface area (Å²) < 4.78 is 2.14. The lowest BCUT2D eigenvalue weighted by Crippen LogP contribution is -1.92. The second kappa shape index (κ2) is 4.80. The molecule has 0 atom stereocenters. The molecule has 0 N–H and O–H groups in total. The van der Waals surface area contributed by atoms with Gasteiger partial charge in [0.25, 0.3) is 0 Å². The normalized spacial score (nSPS) is 11.8. The van der Waals surface area contributed by atoms with Crippen molar-refractivity contribution in [1.82, 2.24) is 4.57 Å². The molecule has 2 nitrogen and oxygen atoms in total. The number of aromatic nitrogens is 1. The number of Topliss-reactive ketones (excluding diaryl/α,β-unsaturated/α-hetero) is 1. The van der Waals surface area contributed by atoms with Gasteiger partial charge in [0.15, 0.2) is 5.78 Å². The number of carbonyl (C=O) groups excluding carboxylic acids is 1. The van der Waals surface area contributed by atoms with Crippen LogP contribution < -0.4 is 0 Å². The summed E-state index contributed by atoms with van der Waals surface area (Å²) in [6, 6.07) is 2.03. The van der Waals surface area contributed by atoms with Crippen LogP contribution >= 0.6 is 0 Å². The minimum atomic E-state index is 0.133. The van der Waals surface area contributed by atoms with E-state index >= 15 is 0 Å². The fraction of sp³-hybridized carbons (Fsp3) is 0.417. The summed E-state index contributed by atoms with van der Waals surface area (Å²) in [7, 11) is 0. The molecule has 0 saturated heterocycles. The maximum atomic E-state index is 11.0. The Morgan fingerprint density at radius 2 is 2.21 bits per heavy atom. The van der Waals surface area contributed by atoms with Crippen LogP contribution in [-0.2, 0) is 11.3 Å². The molecule has 76 valence electrons. The minimum absolute atomic E-state index is 0.133. The molecule has 0 spiro atoms. The van der Waals surface area contributed by atoms with E-state index in [1.807, 2.05) is 25.3 Å². The van der Waals surface area contributed by atoms with Gasteiger partial charge in [-0.05, 0) is 43.5 Å². The van der Waals surface area contributed by atoms with Gasteiger partial charge in [-0.1, -0.05) is 6.92 Å². The van der Waals surface area contributed by atoms with Gasteiger partial charge in [-0.25, -0.2) is 0 Å². The number of carbonyl (C=O) groups is 1. The lowest BCUT2D eigenvalue weighted by atomic mass is 10.1. The number of aryl methyl sites for hydroxylation is 1. The van der Waals surface area contributed by atoms with E-state index in [0.717, 1.165) is 24.1 Å². The largest absolute Gasteiger partial charge is 0.354 e. The van der Waals surface area contributed by atoms with Crippen LogP contribution in [-0.4, -0.2) is 10.4 Å². The second-order valence-electron chi connectivity index (χ2n) is 3.57. The Morgan fingerprint density at radius 3 is 2.79 bits per heavy atom. The third-order valence-corrected chi connectivity index (χ3v) is 2.19. The van der Waals surface area contributed by atoms with E-state index in [9.17, 15) is 4.79 Å². The molecule has 1 aromatic rings. The highest BCUT2D eigenvalue weighted by Crippen LogP contribution is 2.08. The summed E-state index contributed by atoms with van der Waals surface area (Å²) in [5, 5.41) is 0. The third-order valence-electron chi connectivity index (χ3n) is 2.19. The molecule has 0 aliphatic heterocycles. The molecular weight excluding hydrogens is 174 g/mol. The van der Waals surface area contributed by atoms with Crippen LogP contribution in [0, 0.1) is 0 Å². The standard InChI is InChI=1S/C12H17NO/c1-4-6-13-7-5-12(9-13)8-10(2)11(3)14/h5,7-9H,4,6H2,1-3H3/b10-8-. The van der Waals surface area contributed by atoms with E-state index in [2.05, 4.69) is 17.7 Å². The summed E-state index contributed by atoms with van der Waals surface area (Å²) in [5.41, 5.74) is 1.91. The van der Waals surface area contributed by atoms with Crippen molar-refractivity contribution in [3.63, 3.8) is 0 Å². The highest BCUT2D eigenvalue weighted by atomic mass is 16.1. The molecule has 0 saturated carbocycles. The van der Waals surface area contributed by atoms with Crippen molar-refractivity contribution in [2.75, 3.05) is 0 Å². The van der Waals surface area contributed by atoms with Crippen LogP contribution in [0.5, 0.6) is 0 Å². The lowest BCUT2D eigenvalue weighted by Gasteiger charge is -1.96. The van der Waals surface area contributed by atoms with Crippen molar-refractivity contribution >= 4 is 11.9 Å². The Morgan fingerprint density at radius 1 is 1.50 bits per heavy atom. The van der Waals surface area contributed by atoms with Gasteiger partial charge in [-0.15, -0.1) is 0 Å². The van der Waals surface area contributed by atoms with Crippen molar-refractivity contribution in [3.8, 4) is 0 Å². The number of nitrogens with zero attached hydrogens (tertiary/aromatic N) is 1. The molecule has 0 radical (unpaired) electrons. The highest BCUT2D eigenvalue weighted by Gasteiger charge is 1.97. The predicted molar refractivity (Wildman–Crippen MR) is 59.1 cm³/mol. The summed E-state index contributed by atoms with van der Waals surface area (Å²) in [5.74, 6) is 0.133. The third kappa shape index (κ3) is 2.87. The Bertz CT molecular complexity index is 347. The summed E-state index contributed by atoms with van der Waals surface area (Å²) in [6.07, 6.45) is 7.16. The number of hydrogen-bond acceptors (Lipinski definition) is 1. The second-order valence-corrected chi connectivity index (χ2v) is 3.57. The van der Waals surface area contributed by atoms with Crippen LogP contribution in [0.1, 0.15) is 32.8 Å². The molecule has 2 heteroatoms. The zero-order valence-corrected chi connectivity index (χ0v) is 9.08. The quantitative estimate of drug-likeness (QED) is 0.671. The molecule has 0 aromatic carbocycles. The maximum Gasteiger partial charge on any atom is 0.155 e. The Labute approximate surface area is 85.2 Å². The van der Waals surface area contributed by atoms with Crippen molar-refractivity contribution in [1.29, 1.82) is 0 Å². The zero-order chi connectivity index (χ0) is 10.6. The molecule has 0 amide bonds. The zero-order valence-electron chi connectivity index (χ0n) is 9.08. The Balaban J connectivity index is 2.77. The van der Waals surface area contributed by atoms with Gasteiger partial charge in [0.2, 0.25) is 0 Å². The molecule has 14 heavy (non-hydrogen) atoms. The average molecular weight is 191 g/mol. The molecule has 1 rings (SSSR count). The van der Waals surface area contributed by atoms with Gasteiger partial charge in [-0.2, -0.15) is 0 Å². The van der Waals surface area contributed by atoms with E-state index < -0.39 is 0 Å². The fourth-order valence-electron chi connectivity index (χ4n) is 1.29. The van der Waals surface area contributed by atoms with Crippen LogP contribution in [0.25, 0.3) is 6.08 Å². The fourth-order valence-corrected chi connectivity index (χ4v) is 1.29. The topological polar surface area (TPSA) is 22.0 Å². The van der Waals surface area contributed by atoms with E-state index in [-0.39, 0.29) is 5.78 Å². The van der Waals surface area contributed by atoms with Crippen molar-refractivity contribution in [2.24, 2.45) is 0 Å². The first-order valence-corrected chi connectivity index (χ1v) is 4.98. The maximum absolute atomic E-state index is 11.0. The molecular formula is C12H17NO. The van der Waals surface area contributed by atoms with Gasteiger partial charge in [-0.3, -0.25) is 4.79 Å². The summed E-state index contributed by atoms with van der Waals surface area (Å²) in [4.78, 5) is 11.0. The first kappa shape index (κ1) is 10.8. The van der Waals surface area contributed by atoms with Gasteiger partial charge in [0, 0.05) is 18.9 Å². The van der Waals surface area contributed by atoms with Gasteiger partial charge in [0.1, 0.15) is 0 Å². The number of ketones is 1. The van der Waals surface area contributed by atoms with Gasteiger partial charge >= 0.3 is 0 Å². The molecule has 0 aliphatic rings. The molecule has 1 heterocycles. The van der Waals surface area contributed by atoms with E-state index in [0.29, 0.717) is 0 Å². The SMILES string of the molecule is CCCn1ccc(/C=C(/C)C(C)=O)c1. The average Bonchev–Trinajstić information content (AvgIpc) is 2.53. The van der Waals surface area contributed by atoms with Crippen LogP contribution in [0.4, 0.5) is 0 Å².